The van der Waals surface area contributed by atoms with E-state index in [1.807, 2.05) is 0 Å². The lowest BCUT2D eigenvalue weighted by Crippen LogP contribution is -2.53. The number of likely N-dealkylation sites (tertiary alicyclic amines) is 1. The zero-order valence-corrected chi connectivity index (χ0v) is 20.7. The van der Waals surface area contributed by atoms with E-state index in [0.29, 0.717) is 43.5 Å². The van der Waals surface area contributed by atoms with Crippen molar-refractivity contribution in [3.05, 3.63) is 46.3 Å². The third-order valence-corrected chi connectivity index (χ3v) is 8.03. The lowest BCUT2D eigenvalue weighted by Gasteiger charge is -2.45. The fraction of sp³-hybridized carbons (Fsp3) is 0.520. The number of alkyl halides is 1. The molecule has 0 bridgehead atoms. The van der Waals surface area contributed by atoms with Gasteiger partial charge in [-0.25, -0.2) is 13.8 Å². The normalized spacial score (nSPS) is 24.7. The first-order chi connectivity index (χ1) is 17.2. The number of hydrogen-bond acceptors (Lipinski definition) is 4. The zero-order chi connectivity index (χ0) is 25.6. The summed E-state index contributed by atoms with van der Waals surface area (Å²) in [5, 5.41) is 3.18. The number of carbonyl (C=O) groups excluding carboxylic acids is 3. The number of piperidine rings is 1. The maximum absolute atomic E-state index is 13.9. The quantitative estimate of drug-likeness (QED) is 0.642. The average Bonchev–Trinajstić information content (AvgIpc) is 3.33. The minimum Gasteiger partial charge on any atom is -0.348 e. The molecule has 0 atom stereocenters. The third-order valence-electron chi connectivity index (χ3n) is 7.73. The van der Waals surface area contributed by atoms with Crippen LogP contribution >= 0.6 is 11.6 Å². The number of anilines is 1. The highest BCUT2D eigenvalue weighted by Gasteiger charge is 2.47. The smallest absolute Gasteiger partial charge is 0.275 e. The van der Waals surface area contributed by atoms with Crippen LogP contribution in [0.3, 0.4) is 0 Å². The van der Waals surface area contributed by atoms with Crippen molar-refractivity contribution in [3.63, 3.8) is 0 Å². The van der Waals surface area contributed by atoms with Gasteiger partial charge in [-0.05, 0) is 63.1 Å². The summed E-state index contributed by atoms with van der Waals surface area (Å²) in [4.78, 5) is 48.7. The minimum atomic E-state index is -1.04. The first kappa shape index (κ1) is 24.7. The number of benzene rings is 1. The monoisotopic (exact) mass is 519 g/mol. The van der Waals surface area contributed by atoms with Crippen molar-refractivity contribution in [3.8, 4) is 0 Å². The molecule has 1 aromatic carbocycles. The molecule has 5 rings (SSSR count). The number of imidazole rings is 1. The van der Waals surface area contributed by atoms with E-state index in [1.165, 1.54) is 17.3 Å². The first-order valence-electron chi connectivity index (χ1n) is 12.2. The summed E-state index contributed by atoms with van der Waals surface area (Å²) in [6.07, 6.45) is 4.22. The van der Waals surface area contributed by atoms with Crippen LogP contribution in [0.15, 0.2) is 18.5 Å². The molecule has 2 aromatic rings. The van der Waals surface area contributed by atoms with E-state index in [2.05, 4.69) is 15.3 Å². The maximum Gasteiger partial charge on any atom is 0.275 e. The van der Waals surface area contributed by atoms with Crippen molar-refractivity contribution in [2.45, 2.75) is 57.7 Å². The van der Waals surface area contributed by atoms with Crippen LogP contribution in [0.2, 0.25) is 5.02 Å². The Morgan fingerprint density at radius 2 is 1.94 bits per heavy atom. The molecule has 0 unspecified atom stereocenters. The van der Waals surface area contributed by atoms with Crippen LogP contribution in [0.1, 0.15) is 65.1 Å². The van der Waals surface area contributed by atoms with Crippen LogP contribution in [0.4, 0.5) is 14.5 Å². The summed E-state index contributed by atoms with van der Waals surface area (Å²) in [7, 11) is 0. The molecule has 8 nitrogen and oxygen atoms in total. The van der Waals surface area contributed by atoms with E-state index < -0.39 is 29.2 Å². The predicted molar refractivity (Wildman–Crippen MR) is 129 cm³/mol. The van der Waals surface area contributed by atoms with Crippen molar-refractivity contribution in [2.75, 3.05) is 24.5 Å². The van der Waals surface area contributed by atoms with Gasteiger partial charge in [0.25, 0.3) is 11.8 Å². The van der Waals surface area contributed by atoms with Gasteiger partial charge in [-0.15, -0.1) is 0 Å². The molecule has 3 heterocycles. The summed E-state index contributed by atoms with van der Waals surface area (Å²) >= 11 is 6.30. The largest absolute Gasteiger partial charge is 0.348 e. The average molecular weight is 520 g/mol. The van der Waals surface area contributed by atoms with Gasteiger partial charge in [0.05, 0.1) is 30.1 Å². The highest BCUT2D eigenvalue weighted by atomic mass is 35.5. The number of amides is 3. The van der Waals surface area contributed by atoms with Crippen LogP contribution in [-0.2, 0) is 4.79 Å². The van der Waals surface area contributed by atoms with Gasteiger partial charge in [-0.2, -0.15) is 0 Å². The van der Waals surface area contributed by atoms with Crippen molar-refractivity contribution in [1.29, 1.82) is 0 Å². The van der Waals surface area contributed by atoms with Gasteiger partial charge in [0.2, 0.25) is 5.91 Å². The Morgan fingerprint density at radius 1 is 1.22 bits per heavy atom. The minimum absolute atomic E-state index is 0.00517. The highest BCUT2D eigenvalue weighted by Crippen LogP contribution is 2.46. The van der Waals surface area contributed by atoms with Crippen molar-refractivity contribution < 1.29 is 23.2 Å². The summed E-state index contributed by atoms with van der Waals surface area (Å²) in [6.45, 7) is 2.19. The summed E-state index contributed by atoms with van der Waals surface area (Å²) in [6, 6.07) is 2.71. The molecule has 3 aliphatic rings. The molecule has 192 valence electrons. The fourth-order valence-electron chi connectivity index (χ4n) is 5.56. The number of aromatic nitrogens is 2. The van der Waals surface area contributed by atoms with Gasteiger partial charge in [0, 0.05) is 18.0 Å². The molecule has 0 radical (unpaired) electrons. The van der Waals surface area contributed by atoms with Crippen LogP contribution in [0.5, 0.6) is 0 Å². The molecule has 2 aliphatic heterocycles. The molecule has 1 saturated carbocycles. The van der Waals surface area contributed by atoms with Gasteiger partial charge in [-0.1, -0.05) is 11.6 Å². The molecular formula is C25H28ClF2N5O3. The zero-order valence-electron chi connectivity index (χ0n) is 20.0. The Labute approximate surface area is 212 Å². The number of carbonyl (C=O) groups is 3. The fourth-order valence-corrected chi connectivity index (χ4v) is 5.81. The predicted octanol–water partition coefficient (Wildman–Crippen LogP) is 3.79. The SMILES string of the molecule is Cc1cc(N2CCC[C@]3(CC[C@H](NC(=O)c4[nH]cnc4C(=O)N4CC(F)C4)CC3)C2=O)c(Cl)cc1F. The molecule has 3 fully saturated rings. The molecule has 11 heteroatoms. The molecule has 1 aliphatic carbocycles. The summed E-state index contributed by atoms with van der Waals surface area (Å²) in [5.41, 5.74) is 0.470. The number of rotatable bonds is 4. The number of nitrogens with zero attached hydrogens (tertiary/aromatic N) is 3. The molecule has 36 heavy (non-hydrogen) atoms. The Bertz CT molecular complexity index is 1200. The second-order valence-electron chi connectivity index (χ2n) is 10.1. The molecule has 2 N–H and O–H groups in total. The number of aromatic amines is 1. The summed E-state index contributed by atoms with van der Waals surface area (Å²) in [5.74, 6) is -1.33. The number of H-pyrrole nitrogens is 1. The Kier molecular flexibility index (Phi) is 6.48. The lowest BCUT2D eigenvalue weighted by molar-refractivity contribution is -0.132. The number of hydrogen-bond donors (Lipinski definition) is 2. The van der Waals surface area contributed by atoms with E-state index >= 15 is 0 Å². The van der Waals surface area contributed by atoms with E-state index in [9.17, 15) is 23.2 Å². The number of aryl methyl sites for hydroxylation is 1. The second kappa shape index (κ2) is 9.46. The van der Waals surface area contributed by atoms with Gasteiger partial charge in [0.1, 0.15) is 17.7 Å². The van der Waals surface area contributed by atoms with E-state index in [1.54, 1.807) is 17.9 Å². The Balaban J connectivity index is 1.23. The molecule has 1 spiro atoms. The van der Waals surface area contributed by atoms with Gasteiger partial charge >= 0.3 is 0 Å². The van der Waals surface area contributed by atoms with Crippen LogP contribution in [-0.4, -0.2) is 64.4 Å². The topological polar surface area (TPSA) is 98.4 Å². The maximum atomic E-state index is 13.9. The van der Waals surface area contributed by atoms with Gasteiger partial charge < -0.3 is 20.1 Å². The highest BCUT2D eigenvalue weighted by molar-refractivity contribution is 6.34. The number of halogens is 3. The standard InChI is InChI=1S/C25H28ClF2N5O3/c1-14-9-19(17(26)10-18(14)28)33-8-2-5-25(24(33)36)6-3-16(4-7-25)31-22(34)20-21(30-13-29-20)23(35)32-11-15(27)12-32/h9-10,13,15-16H,2-8,11-12H2,1H3,(H,29,30)(H,31,34)/t16-,25+. The third kappa shape index (κ3) is 4.36. The first-order valence-corrected chi connectivity index (χ1v) is 12.6. The molecule has 2 saturated heterocycles. The van der Waals surface area contributed by atoms with Gasteiger partial charge in [0.15, 0.2) is 5.69 Å². The van der Waals surface area contributed by atoms with Crippen LogP contribution < -0.4 is 10.2 Å². The number of nitrogens with one attached hydrogen (secondary N) is 2. The molecular weight excluding hydrogens is 492 g/mol. The lowest BCUT2D eigenvalue weighted by atomic mass is 9.67. The van der Waals surface area contributed by atoms with Crippen molar-refractivity contribution in [2.24, 2.45) is 5.41 Å². The Morgan fingerprint density at radius 3 is 2.64 bits per heavy atom. The molecule has 3 amide bonds. The van der Waals surface area contributed by atoms with Crippen LogP contribution in [0, 0.1) is 18.2 Å². The van der Waals surface area contributed by atoms with Gasteiger partial charge in [-0.3, -0.25) is 14.4 Å². The van der Waals surface area contributed by atoms with Crippen molar-refractivity contribution >= 4 is 35.0 Å². The van der Waals surface area contributed by atoms with Crippen LogP contribution in [0.25, 0.3) is 0 Å². The van der Waals surface area contributed by atoms with E-state index in [0.717, 1.165) is 12.8 Å². The van der Waals surface area contributed by atoms with E-state index in [4.69, 9.17) is 11.6 Å². The van der Waals surface area contributed by atoms with E-state index in [-0.39, 0.29) is 41.4 Å². The Hall–Kier alpha value is -3.01. The molecule has 1 aromatic heterocycles. The van der Waals surface area contributed by atoms with Crippen molar-refractivity contribution in [1.82, 2.24) is 20.2 Å². The summed E-state index contributed by atoms with van der Waals surface area (Å²) < 4.78 is 27.0. The second-order valence-corrected chi connectivity index (χ2v) is 10.5.